The third kappa shape index (κ3) is 8.32. The highest BCUT2D eigenvalue weighted by Gasteiger charge is 2.34. The molecule has 0 saturated carbocycles. The van der Waals surface area contributed by atoms with Crippen molar-refractivity contribution in [3.05, 3.63) is 96.1 Å². The predicted molar refractivity (Wildman–Crippen MR) is 154 cm³/mol. The second-order valence-electron chi connectivity index (χ2n) is 9.47. The molecule has 0 aliphatic rings. The second-order valence-corrected chi connectivity index (χ2v) is 11.4. The molecule has 0 spiro atoms. The molecule has 3 rings (SSSR count). The first-order chi connectivity index (χ1) is 18.6. The standard InChI is InChI=1S/C30H37N3O5S/c1-5-23(2)31-30(35)27(20-24-14-8-6-9-15-24)32(21-25-16-10-7-11-17-25)29(34)22-33(39(4,36)37)26-18-12-13-19-28(26)38-3/h6-19,23,27H,5,20-22H2,1-4H3,(H,31,35)/t23-,27-/m1/s1. The average Bonchev–Trinajstić information content (AvgIpc) is 2.93. The number of para-hydroxylation sites is 2. The van der Waals surface area contributed by atoms with E-state index >= 15 is 0 Å². The zero-order valence-corrected chi connectivity index (χ0v) is 23.7. The third-order valence-corrected chi connectivity index (χ3v) is 7.63. The van der Waals surface area contributed by atoms with Crippen molar-refractivity contribution in [3.8, 4) is 5.75 Å². The molecule has 0 radical (unpaired) electrons. The van der Waals surface area contributed by atoms with Gasteiger partial charge in [0.25, 0.3) is 0 Å². The lowest BCUT2D eigenvalue weighted by Crippen LogP contribution is -2.54. The van der Waals surface area contributed by atoms with Crippen LogP contribution in [0.4, 0.5) is 5.69 Å². The van der Waals surface area contributed by atoms with Crippen LogP contribution >= 0.6 is 0 Å². The Morgan fingerprint density at radius 3 is 2.03 bits per heavy atom. The number of benzene rings is 3. The van der Waals surface area contributed by atoms with Crippen LogP contribution in [-0.2, 0) is 32.6 Å². The maximum atomic E-state index is 14.1. The number of carbonyl (C=O) groups excluding carboxylic acids is 2. The molecule has 0 aliphatic carbocycles. The van der Waals surface area contributed by atoms with Crippen molar-refractivity contribution in [3.63, 3.8) is 0 Å². The zero-order valence-electron chi connectivity index (χ0n) is 22.9. The van der Waals surface area contributed by atoms with Gasteiger partial charge >= 0.3 is 0 Å². The van der Waals surface area contributed by atoms with Gasteiger partial charge in [0.1, 0.15) is 18.3 Å². The fourth-order valence-corrected chi connectivity index (χ4v) is 5.06. The highest BCUT2D eigenvalue weighted by atomic mass is 32.2. The Labute approximate surface area is 231 Å². The molecule has 39 heavy (non-hydrogen) atoms. The van der Waals surface area contributed by atoms with Crippen molar-refractivity contribution in [2.24, 2.45) is 0 Å². The molecule has 0 bridgehead atoms. The Hall–Kier alpha value is -3.85. The second kappa shape index (κ2) is 13.8. The molecule has 1 N–H and O–H groups in total. The Balaban J connectivity index is 2.06. The van der Waals surface area contributed by atoms with Gasteiger partial charge < -0.3 is 15.0 Å². The van der Waals surface area contributed by atoms with Gasteiger partial charge in [-0.3, -0.25) is 13.9 Å². The fourth-order valence-electron chi connectivity index (χ4n) is 4.21. The maximum absolute atomic E-state index is 14.1. The summed E-state index contributed by atoms with van der Waals surface area (Å²) in [7, 11) is -2.43. The number of carbonyl (C=O) groups is 2. The van der Waals surface area contributed by atoms with E-state index in [1.165, 1.54) is 12.0 Å². The minimum Gasteiger partial charge on any atom is -0.495 e. The minimum absolute atomic E-state index is 0.0921. The van der Waals surface area contributed by atoms with E-state index in [9.17, 15) is 18.0 Å². The molecule has 0 saturated heterocycles. The van der Waals surface area contributed by atoms with Gasteiger partial charge in [0.15, 0.2) is 0 Å². The summed E-state index contributed by atoms with van der Waals surface area (Å²) in [5.74, 6) is -0.475. The van der Waals surface area contributed by atoms with Crippen molar-refractivity contribution >= 4 is 27.5 Å². The van der Waals surface area contributed by atoms with E-state index in [0.717, 1.165) is 28.1 Å². The molecule has 0 unspecified atom stereocenters. The van der Waals surface area contributed by atoms with E-state index in [2.05, 4.69) is 5.32 Å². The fraction of sp³-hybridized carbons (Fsp3) is 0.333. The first-order valence-corrected chi connectivity index (χ1v) is 14.8. The molecule has 0 fully saturated rings. The predicted octanol–water partition coefficient (Wildman–Crippen LogP) is 4.02. The number of sulfonamides is 1. The summed E-state index contributed by atoms with van der Waals surface area (Å²) in [6, 6.07) is 24.5. The summed E-state index contributed by atoms with van der Waals surface area (Å²) in [6.07, 6.45) is 2.05. The van der Waals surface area contributed by atoms with Crippen molar-refractivity contribution in [1.82, 2.24) is 10.2 Å². The number of amides is 2. The quantitative estimate of drug-likeness (QED) is 0.346. The smallest absolute Gasteiger partial charge is 0.244 e. The summed E-state index contributed by atoms with van der Waals surface area (Å²) in [5.41, 5.74) is 1.96. The summed E-state index contributed by atoms with van der Waals surface area (Å²) in [5, 5.41) is 3.02. The van der Waals surface area contributed by atoms with Crippen LogP contribution in [0, 0.1) is 0 Å². The van der Waals surface area contributed by atoms with Crippen LogP contribution in [0.1, 0.15) is 31.4 Å². The van der Waals surface area contributed by atoms with Gasteiger partial charge in [-0.15, -0.1) is 0 Å². The van der Waals surface area contributed by atoms with Crippen LogP contribution in [0.5, 0.6) is 5.75 Å². The zero-order chi connectivity index (χ0) is 28.4. The van der Waals surface area contributed by atoms with Crippen molar-refractivity contribution in [2.45, 2.75) is 45.3 Å². The van der Waals surface area contributed by atoms with Gasteiger partial charge in [0.2, 0.25) is 21.8 Å². The number of methoxy groups -OCH3 is 1. The van der Waals surface area contributed by atoms with Crippen molar-refractivity contribution in [1.29, 1.82) is 0 Å². The lowest BCUT2D eigenvalue weighted by Gasteiger charge is -2.34. The molecule has 208 valence electrons. The Bertz CT molecular complexity index is 1330. The van der Waals surface area contributed by atoms with Crippen LogP contribution in [0.15, 0.2) is 84.9 Å². The first-order valence-electron chi connectivity index (χ1n) is 12.9. The van der Waals surface area contributed by atoms with E-state index < -0.39 is 28.5 Å². The molecule has 0 aliphatic heterocycles. The molecule has 2 atom stereocenters. The van der Waals surface area contributed by atoms with Crippen LogP contribution in [0.2, 0.25) is 0 Å². The molecular formula is C30H37N3O5S. The Morgan fingerprint density at radius 1 is 0.897 bits per heavy atom. The van der Waals surface area contributed by atoms with E-state index in [4.69, 9.17) is 4.74 Å². The summed E-state index contributed by atoms with van der Waals surface area (Å²) in [6.45, 7) is 3.53. The molecule has 0 heterocycles. The van der Waals surface area contributed by atoms with E-state index in [-0.39, 0.29) is 30.6 Å². The Morgan fingerprint density at radius 2 is 1.46 bits per heavy atom. The van der Waals surface area contributed by atoms with Crippen LogP contribution in [0.25, 0.3) is 0 Å². The molecule has 3 aromatic rings. The van der Waals surface area contributed by atoms with Crippen LogP contribution < -0.4 is 14.4 Å². The average molecular weight is 552 g/mol. The number of hydrogen-bond donors (Lipinski definition) is 1. The molecule has 8 nitrogen and oxygen atoms in total. The highest BCUT2D eigenvalue weighted by molar-refractivity contribution is 7.92. The van der Waals surface area contributed by atoms with E-state index in [0.29, 0.717) is 5.75 Å². The molecule has 0 aromatic heterocycles. The molecule has 2 amide bonds. The van der Waals surface area contributed by atoms with E-state index in [1.54, 1.807) is 24.3 Å². The first kappa shape index (κ1) is 29.7. The normalized spacial score (nSPS) is 12.7. The number of ether oxygens (including phenoxy) is 1. The number of anilines is 1. The van der Waals surface area contributed by atoms with E-state index in [1.807, 2.05) is 74.5 Å². The summed E-state index contributed by atoms with van der Waals surface area (Å²) >= 11 is 0. The van der Waals surface area contributed by atoms with Crippen LogP contribution in [-0.4, -0.2) is 57.1 Å². The number of hydrogen-bond acceptors (Lipinski definition) is 5. The topological polar surface area (TPSA) is 96.0 Å². The highest BCUT2D eigenvalue weighted by Crippen LogP contribution is 2.30. The SMILES string of the molecule is CC[C@@H](C)NC(=O)[C@@H](Cc1ccccc1)N(Cc1ccccc1)C(=O)CN(c1ccccc1OC)S(C)(=O)=O. The van der Waals surface area contributed by atoms with Crippen molar-refractivity contribution in [2.75, 3.05) is 24.2 Å². The van der Waals surface area contributed by atoms with Gasteiger partial charge in [0, 0.05) is 19.0 Å². The third-order valence-electron chi connectivity index (χ3n) is 6.50. The monoisotopic (exact) mass is 551 g/mol. The number of nitrogens with zero attached hydrogens (tertiary/aromatic N) is 2. The van der Waals surface area contributed by atoms with Gasteiger partial charge in [-0.1, -0.05) is 79.7 Å². The summed E-state index contributed by atoms with van der Waals surface area (Å²) in [4.78, 5) is 29.2. The number of rotatable bonds is 13. The van der Waals surface area contributed by atoms with Gasteiger partial charge in [-0.2, -0.15) is 0 Å². The molecule has 9 heteroatoms. The van der Waals surface area contributed by atoms with Gasteiger partial charge in [-0.25, -0.2) is 8.42 Å². The maximum Gasteiger partial charge on any atom is 0.244 e. The molecule has 3 aromatic carbocycles. The Kier molecular flexibility index (Phi) is 10.5. The molecular weight excluding hydrogens is 514 g/mol. The van der Waals surface area contributed by atoms with Gasteiger partial charge in [-0.05, 0) is 36.6 Å². The summed E-state index contributed by atoms with van der Waals surface area (Å²) < 4.78 is 32.2. The largest absolute Gasteiger partial charge is 0.495 e. The van der Waals surface area contributed by atoms with Crippen molar-refractivity contribution < 1.29 is 22.7 Å². The lowest BCUT2D eigenvalue weighted by molar-refractivity contribution is -0.140. The minimum atomic E-state index is -3.87. The number of nitrogens with one attached hydrogen (secondary N) is 1. The lowest BCUT2D eigenvalue weighted by atomic mass is 10.0. The van der Waals surface area contributed by atoms with Crippen LogP contribution in [0.3, 0.4) is 0 Å². The van der Waals surface area contributed by atoms with Gasteiger partial charge in [0.05, 0.1) is 19.1 Å².